The van der Waals surface area contributed by atoms with E-state index in [1.807, 2.05) is 42.5 Å². The molecule has 0 saturated heterocycles. The van der Waals surface area contributed by atoms with Crippen molar-refractivity contribution >= 4 is 0 Å². The summed E-state index contributed by atoms with van der Waals surface area (Å²) in [5.74, 6) is 1.73. The Balaban J connectivity index is 1.71. The van der Waals surface area contributed by atoms with Crippen LogP contribution in [-0.2, 0) is 11.3 Å². The van der Waals surface area contributed by atoms with Gasteiger partial charge in [-0.25, -0.2) is 0 Å². The van der Waals surface area contributed by atoms with Gasteiger partial charge in [0.15, 0.2) is 0 Å². The highest BCUT2D eigenvalue weighted by Crippen LogP contribution is 2.19. The van der Waals surface area contributed by atoms with Gasteiger partial charge in [0, 0.05) is 13.7 Å². The molecule has 0 N–H and O–H groups in total. The van der Waals surface area contributed by atoms with E-state index in [0.717, 1.165) is 36.5 Å². The van der Waals surface area contributed by atoms with Crippen LogP contribution in [0.15, 0.2) is 54.6 Å². The minimum Gasteiger partial charge on any atom is -0.494 e. The molecule has 2 aromatic carbocycles. The van der Waals surface area contributed by atoms with Crippen molar-refractivity contribution in [3.63, 3.8) is 0 Å². The molecule has 112 valence electrons. The van der Waals surface area contributed by atoms with Crippen molar-refractivity contribution in [1.82, 2.24) is 0 Å². The molecule has 21 heavy (non-hydrogen) atoms. The average molecular weight is 286 g/mol. The molecule has 2 aromatic rings. The van der Waals surface area contributed by atoms with E-state index in [-0.39, 0.29) is 0 Å². The zero-order chi connectivity index (χ0) is 14.8. The molecule has 0 heterocycles. The fourth-order valence-electron chi connectivity index (χ4n) is 1.91. The van der Waals surface area contributed by atoms with Gasteiger partial charge in [-0.1, -0.05) is 30.3 Å². The summed E-state index contributed by atoms with van der Waals surface area (Å²) in [4.78, 5) is 0. The predicted molar refractivity (Wildman–Crippen MR) is 83.8 cm³/mol. The first-order chi connectivity index (χ1) is 10.4. The van der Waals surface area contributed by atoms with Crippen LogP contribution in [0.4, 0.5) is 0 Å². The number of rotatable bonds is 9. The Morgan fingerprint density at radius 3 is 2.00 bits per heavy atom. The topological polar surface area (TPSA) is 27.7 Å². The lowest BCUT2D eigenvalue weighted by Crippen LogP contribution is -1.99. The molecule has 0 spiro atoms. The fourth-order valence-corrected chi connectivity index (χ4v) is 1.91. The van der Waals surface area contributed by atoms with Crippen molar-refractivity contribution in [3.05, 3.63) is 60.2 Å². The van der Waals surface area contributed by atoms with E-state index in [9.17, 15) is 0 Å². The molecule has 0 amide bonds. The fraction of sp³-hybridized carbons (Fsp3) is 0.333. The Morgan fingerprint density at radius 2 is 1.33 bits per heavy atom. The maximum absolute atomic E-state index is 5.73. The summed E-state index contributed by atoms with van der Waals surface area (Å²) in [5, 5.41) is 0. The van der Waals surface area contributed by atoms with Gasteiger partial charge in [-0.05, 0) is 42.7 Å². The number of benzene rings is 2. The molecule has 2 rings (SSSR count). The Labute approximate surface area is 126 Å². The van der Waals surface area contributed by atoms with Gasteiger partial charge in [0.1, 0.15) is 18.1 Å². The molecule has 0 aliphatic heterocycles. The molecule has 3 heteroatoms. The van der Waals surface area contributed by atoms with Crippen molar-refractivity contribution in [2.45, 2.75) is 19.4 Å². The number of ether oxygens (including phenoxy) is 3. The molecular weight excluding hydrogens is 264 g/mol. The molecule has 0 atom stereocenters. The summed E-state index contributed by atoms with van der Waals surface area (Å²) in [6.07, 6.45) is 2.02. The summed E-state index contributed by atoms with van der Waals surface area (Å²) in [7, 11) is 1.72. The van der Waals surface area contributed by atoms with Crippen LogP contribution in [0.5, 0.6) is 11.5 Å². The maximum Gasteiger partial charge on any atom is 0.120 e. The molecule has 0 aliphatic rings. The second-order valence-corrected chi connectivity index (χ2v) is 4.79. The molecule has 0 saturated carbocycles. The van der Waals surface area contributed by atoms with Gasteiger partial charge in [-0.3, -0.25) is 0 Å². The lowest BCUT2D eigenvalue weighted by Gasteiger charge is -2.09. The summed E-state index contributed by atoms with van der Waals surface area (Å²) < 4.78 is 16.4. The highest BCUT2D eigenvalue weighted by molar-refractivity contribution is 5.31. The van der Waals surface area contributed by atoms with Crippen LogP contribution in [0.2, 0.25) is 0 Å². The monoisotopic (exact) mass is 286 g/mol. The Morgan fingerprint density at radius 1 is 0.714 bits per heavy atom. The number of unbranched alkanes of at least 4 members (excludes halogenated alkanes) is 1. The third-order valence-corrected chi connectivity index (χ3v) is 3.08. The van der Waals surface area contributed by atoms with E-state index >= 15 is 0 Å². The Kier molecular flexibility index (Phi) is 6.62. The minimum absolute atomic E-state index is 0.581. The predicted octanol–water partition coefficient (Wildman–Crippen LogP) is 4.07. The van der Waals surface area contributed by atoms with Crippen LogP contribution in [0.1, 0.15) is 18.4 Å². The Hall–Kier alpha value is -2.00. The van der Waals surface area contributed by atoms with Crippen LogP contribution in [0.3, 0.4) is 0 Å². The van der Waals surface area contributed by atoms with Gasteiger partial charge in [0.2, 0.25) is 0 Å². The molecular formula is C18H22O3. The standard InChI is InChI=1S/C18H22O3/c1-19-13-5-6-14-20-17-9-11-18(12-10-17)21-15-16-7-3-2-4-8-16/h2-4,7-12H,5-6,13-15H2,1H3. The summed E-state index contributed by atoms with van der Waals surface area (Å²) >= 11 is 0. The van der Waals surface area contributed by atoms with Crippen LogP contribution < -0.4 is 9.47 Å². The van der Waals surface area contributed by atoms with Gasteiger partial charge in [-0.2, -0.15) is 0 Å². The minimum atomic E-state index is 0.581. The van der Waals surface area contributed by atoms with Gasteiger partial charge in [-0.15, -0.1) is 0 Å². The van der Waals surface area contributed by atoms with Crippen molar-refractivity contribution in [2.24, 2.45) is 0 Å². The lowest BCUT2D eigenvalue weighted by molar-refractivity contribution is 0.184. The van der Waals surface area contributed by atoms with Crippen LogP contribution in [0, 0.1) is 0 Å². The van der Waals surface area contributed by atoms with Crippen molar-refractivity contribution in [2.75, 3.05) is 20.3 Å². The first-order valence-corrected chi connectivity index (χ1v) is 7.27. The number of hydrogen-bond acceptors (Lipinski definition) is 3. The highest BCUT2D eigenvalue weighted by atomic mass is 16.5. The normalized spacial score (nSPS) is 10.3. The molecule has 0 fully saturated rings. The number of methoxy groups -OCH3 is 1. The first kappa shape index (κ1) is 15.4. The zero-order valence-corrected chi connectivity index (χ0v) is 12.5. The first-order valence-electron chi connectivity index (χ1n) is 7.27. The summed E-state index contributed by atoms with van der Waals surface area (Å²) in [6, 6.07) is 17.9. The highest BCUT2D eigenvalue weighted by Gasteiger charge is 1.98. The van der Waals surface area contributed by atoms with Gasteiger partial charge >= 0.3 is 0 Å². The van der Waals surface area contributed by atoms with E-state index in [0.29, 0.717) is 13.2 Å². The average Bonchev–Trinajstić information content (AvgIpc) is 2.55. The van der Waals surface area contributed by atoms with E-state index in [1.165, 1.54) is 0 Å². The third-order valence-electron chi connectivity index (χ3n) is 3.08. The molecule has 0 radical (unpaired) electrons. The SMILES string of the molecule is COCCCCOc1ccc(OCc2ccccc2)cc1. The second-order valence-electron chi connectivity index (χ2n) is 4.79. The van der Waals surface area contributed by atoms with Crippen molar-refractivity contribution < 1.29 is 14.2 Å². The van der Waals surface area contributed by atoms with Gasteiger partial charge in [0.05, 0.1) is 6.61 Å². The smallest absolute Gasteiger partial charge is 0.120 e. The van der Waals surface area contributed by atoms with E-state index in [1.54, 1.807) is 7.11 Å². The molecule has 0 aliphatic carbocycles. The van der Waals surface area contributed by atoms with Crippen molar-refractivity contribution in [3.8, 4) is 11.5 Å². The number of hydrogen-bond donors (Lipinski definition) is 0. The zero-order valence-electron chi connectivity index (χ0n) is 12.5. The van der Waals surface area contributed by atoms with Gasteiger partial charge < -0.3 is 14.2 Å². The molecule has 3 nitrogen and oxygen atoms in total. The molecule has 0 aromatic heterocycles. The Bertz CT molecular complexity index is 494. The van der Waals surface area contributed by atoms with Crippen molar-refractivity contribution in [1.29, 1.82) is 0 Å². The second kappa shape index (κ2) is 9.03. The molecule has 0 unspecified atom stereocenters. The van der Waals surface area contributed by atoms with Crippen LogP contribution in [-0.4, -0.2) is 20.3 Å². The largest absolute Gasteiger partial charge is 0.494 e. The van der Waals surface area contributed by atoms with E-state index in [2.05, 4.69) is 12.1 Å². The summed E-state index contributed by atoms with van der Waals surface area (Å²) in [6.45, 7) is 2.08. The van der Waals surface area contributed by atoms with Crippen LogP contribution in [0.25, 0.3) is 0 Å². The van der Waals surface area contributed by atoms with Gasteiger partial charge in [0.25, 0.3) is 0 Å². The maximum atomic E-state index is 5.73. The van der Waals surface area contributed by atoms with Crippen LogP contribution >= 0.6 is 0 Å². The third kappa shape index (κ3) is 5.88. The van der Waals surface area contributed by atoms with E-state index in [4.69, 9.17) is 14.2 Å². The summed E-state index contributed by atoms with van der Waals surface area (Å²) in [5.41, 5.74) is 1.16. The van der Waals surface area contributed by atoms with E-state index < -0.39 is 0 Å². The quantitative estimate of drug-likeness (QED) is 0.650. The lowest BCUT2D eigenvalue weighted by atomic mass is 10.2. The molecule has 0 bridgehead atoms.